The highest BCUT2D eigenvalue weighted by atomic mass is 19.1. The Hall–Kier alpha value is -1.86. The van der Waals surface area contributed by atoms with E-state index in [1.165, 1.54) is 11.1 Å². The van der Waals surface area contributed by atoms with Gasteiger partial charge in [0, 0.05) is 29.5 Å². The van der Waals surface area contributed by atoms with E-state index < -0.39 is 29.1 Å². The third-order valence-corrected chi connectivity index (χ3v) is 11.1. The van der Waals surface area contributed by atoms with Crippen LogP contribution >= 0.6 is 0 Å². The Bertz CT molecular complexity index is 1260. The maximum atomic E-state index is 17.3. The fourth-order valence-corrected chi connectivity index (χ4v) is 9.32. The number of alkyl halides is 1. The Morgan fingerprint density at radius 2 is 1.86 bits per heavy atom. The number of ether oxygens (including phenoxy) is 1. The normalized spacial score (nSPS) is 47.4. The predicted molar refractivity (Wildman–Crippen MR) is 137 cm³/mol. The van der Waals surface area contributed by atoms with Gasteiger partial charge in [-0.2, -0.15) is 0 Å². The minimum absolute atomic E-state index is 0.0489. The summed E-state index contributed by atoms with van der Waals surface area (Å²) in [6.45, 7) is 2.32. The van der Waals surface area contributed by atoms with Gasteiger partial charge in [-0.15, -0.1) is 0 Å². The number of rotatable bonds is 2. The summed E-state index contributed by atoms with van der Waals surface area (Å²) in [7, 11) is 3.88. The van der Waals surface area contributed by atoms with Crippen molar-refractivity contribution in [2.75, 3.05) is 14.1 Å². The second kappa shape index (κ2) is 7.37. The first-order valence-corrected chi connectivity index (χ1v) is 13.6. The molecule has 2 aliphatic heterocycles. The third kappa shape index (κ3) is 2.72. The molecule has 3 heterocycles. The molecule has 2 saturated carbocycles. The number of benzene rings is 1. The lowest BCUT2D eigenvalue weighted by Gasteiger charge is -2.64. The largest absolute Gasteiger partial charge is 0.390 e. The number of allylic oxidation sites excluding steroid dienone is 2. The fraction of sp³-hybridized carbons (Fsp3) is 0.633. The number of hydrogen-bond donors (Lipinski definition) is 2. The van der Waals surface area contributed by atoms with E-state index >= 15 is 4.39 Å². The van der Waals surface area contributed by atoms with Crippen LogP contribution in [0.2, 0.25) is 0 Å². The number of halogens is 1. The van der Waals surface area contributed by atoms with Crippen molar-refractivity contribution in [2.24, 2.45) is 17.3 Å². The van der Waals surface area contributed by atoms with Crippen LogP contribution in [0.4, 0.5) is 4.39 Å². The van der Waals surface area contributed by atoms with Crippen LogP contribution in [0, 0.1) is 17.3 Å². The molecule has 0 amide bonds. The van der Waals surface area contributed by atoms with Gasteiger partial charge in [-0.05, 0) is 87.7 Å². The maximum absolute atomic E-state index is 17.3. The van der Waals surface area contributed by atoms with E-state index in [-0.39, 0.29) is 29.7 Å². The van der Waals surface area contributed by atoms with Crippen LogP contribution in [0.15, 0.2) is 42.6 Å². The van der Waals surface area contributed by atoms with Crippen LogP contribution in [0.5, 0.6) is 0 Å². The zero-order chi connectivity index (χ0) is 25.1. The summed E-state index contributed by atoms with van der Waals surface area (Å²) in [4.78, 5) is 6.56. The van der Waals surface area contributed by atoms with Crippen molar-refractivity contribution >= 4 is 16.5 Å². The van der Waals surface area contributed by atoms with Gasteiger partial charge in [-0.3, -0.25) is 4.98 Å². The molecule has 0 radical (unpaired) electrons. The van der Waals surface area contributed by atoms with Crippen molar-refractivity contribution in [1.29, 1.82) is 0 Å². The summed E-state index contributed by atoms with van der Waals surface area (Å²) in [6, 6.07) is 10.2. The number of fused-ring (bicyclic) bond motifs is 2. The van der Waals surface area contributed by atoms with Gasteiger partial charge in [-0.1, -0.05) is 31.2 Å². The molecule has 5 aliphatic rings. The van der Waals surface area contributed by atoms with Crippen LogP contribution in [0.3, 0.4) is 0 Å². The van der Waals surface area contributed by atoms with E-state index in [1.807, 2.05) is 31.3 Å². The molecular formula is C30H37FN2O3. The highest BCUT2D eigenvalue weighted by Crippen LogP contribution is 2.73. The van der Waals surface area contributed by atoms with Gasteiger partial charge in [0.15, 0.2) is 0 Å². The summed E-state index contributed by atoms with van der Waals surface area (Å²) in [5.41, 5.74) is 0.392. The molecular weight excluding hydrogens is 455 g/mol. The summed E-state index contributed by atoms with van der Waals surface area (Å²) in [5, 5.41) is 23.3. The lowest BCUT2D eigenvalue weighted by atomic mass is 9.51. The lowest BCUT2D eigenvalue weighted by molar-refractivity contribution is -0.314. The third-order valence-electron chi connectivity index (χ3n) is 11.1. The number of nitrogens with zero attached hydrogens (tertiary/aromatic N) is 2. The quantitative estimate of drug-likeness (QED) is 0.646. The smallest absolute Gasteiger partial charge is 0.140 e. The topological polar surface area (TPSA) is 65.8 Å². The van der Waals surface area contributed by atoms with Crippen molar-refractivity contribution in [1.82, 2.24) is 9.88 Å². The number of aromatic nitrogens is 1. The first-order chi connectivity index (χ1) is 17.1. The number of pyridine rings is 1. The molecule has 3 aliphatic carbocycles. The zero-order valence-corrected chi connectivity index (χ0v) is 21.5. The molecule has 7 rings (SSSR count). The summed E-state index contributed by atoms with van der Waals surface area (Å²) >= 11 is 0. The van der Waals surface area contributed by atoms with Gasteiger partial charge in [-0.25, -0.2) is 4.39 Å². The van der Waals surface area contributed by atoms with Crippen molar-refractivity contribution in [3.05, 3.63) is 48.2 Å². The molecule has 2 N–H and O–H groups in total. The van der Waals surface area contributed by atoms with E-state index in [1.54, 1.807) is 0 Å². The Morgan fingerprint density at radius 1 is 1.03 bits per heavy atom. The Labute approximate surface area is 212 Å². The van der Waals surface area contributed by atoms with E-state index in [9.17, 15) is 10.2 Å². The molecule has 36 heavy (non-hydrogen) atoms. The first kappa shape index (κ1) is 23.3. The molecule has 9 unspecified atom stereocenters. The molecule has 2 spiro atoms. The molecule has 4 fully saturated rings. The molecule has 1 aromatic carbocycles. The average molecular weight is 493 g/mol. The van der Waals surface area contributed by atoms with Crippen LogP contribution in [0.1, 0.15) is 57.4 Å². The van der Waals surface area contributed by atoms with Crippen LogP contribution in [-0.4, -0.2) is 69.3 Å². The predicted octanol–water partition coefficient (Wildman–Crippen LogP) is 4.51. The fourth-order valence-electron chi connectivity index (χ4n) is 9.32. The number of aliphatic hydroxyl groups is 2. The standard InChI is InChI=1S/C30H37FN2O3/c1-27-11-13-29(31)16-21-25(34)26(35)23(33(2)3)17-28(21)12-14-30(29,36-28)24(27)10-9-20(27)18-6-4-8-22-19(18)7-5-15-32-22/h4-9,15,21,23-26,34-35H,10-14,16-17H2,1-3H3. The number of hydrogen-bond acceptors (Lipinski definition) is 5. The Balaban J connectivity index is 1.30. The van der Waals surface area contributed by atoms with Gasteiger partial charge in [0.1, 0.15) is 11.3 Å². The highest BCUT2D eigenvalue weighted by Gasteiger charge is 2.77. The number of likely N-dealkylation sites (N-methyl/N-ethyl adjacent to an activating group) is 1. The first-order valence-electron chi connectivity index (χ1n) is 13.6. The van der Waals surface area contributed by atoms with E-state index in [4.69, 9.17) is 4.74 Å². The maximum Gasteiger partial charge on any atom is 0.140 e. The summed E-state index contributed by atoms with van der Waals surface area (Å²) in [6.07, 6.45) is 6.65. The minimum Gasteiger partial charge on any atom is -0.390 e. The SMILES string of the molecule is CN(C)C1CC23CCC4(O2)C2CC=C(c5cccc6ncccc56)C2(C)CCC4(F)CC3C(O)C1O. The zero-order valence-electron chi connectivity index (χ0n) is 21.5. The average Bonchev–Trinajstić information content (AvgIpc) is 3.39. The highest BCUT2D eigenvalue weighted by molar-refractivity contribution is 5.93. The van der Waals surface area contributed by atoms with Crippen molar-refractivity contribution in [3.63, 3.8) is 0 Å². The van der Waals surface area contributed by atoms with Crippen LogP contribution in [0.25, 0.3) is 16.5 Å². The van der Waals surface area contributed by atoms with Crippen molar-refractivity contribution in [3.8, 4) is 0 Å². The lowest BCUT2D eigenvalue weighted by Crippen LogP contribution is -2.72. The number of aliphatic hydroxyl groups excluding tert-OH is 2. The van der Waals surface area contributed by atoms with Crippen molar-refractivity contribution < 1.29 is 19.3 Å². The monoisotopic (exact) mass is 492 g/mol. The van der Waals surface area contributed by atoms with Crippen molar-refractivity contribution in [2.45, 2.75) is 87.0 Å². The van der Waals surface area contributed by atoms with Gasteiger partial charge in [0.2, 0.25) is 0 Å². The Morgan fingerprint density at radius 3 is 2.67 bits per heavy atom. The molecule has 5 nitrogen and oxygen atoms in total. The molecule has 9 atom stereocenters. The molecule has 2 aromatic rings. The van der Waals surface area contributed by atoms with E-state index in [2.05, 4.69) is 42.2 Å². The van der Waals surface area contributed by atoms with Crippen LogP contribution < -0.4 is 0 Å². The second-order valence-corrected chi connectivity index (χ2v) is 12.7. The molecule has 1 aromatic heterocycles. The minimum atomic E-state index is -1.49. The van der Waals surface area contributed by atoms with Gasteiger partial charge < -0.3 is 19.8 Å². The molecule has 6 heteroatoms. The molecule has 2 bridgehead atoms. The molecule has 2 saturated heterocycles. The second-order valence-electron chi connectivity index (χ2n) is 12.7. The summed E-state index contributed by atoms with van der Waals surface area (Å²) in [5.74, 6) is -0.320. The van der Waals surface area contributed by atoms with Gasteiger partial charge in [0.05, 0.1) is 23.3 Å². The van der Waals surface area contributed by atoms with Crippen LogP contribution in [-0.2, 0) is 4.74 Å². The van der Waals surface area contributed by atoms with Gasteiger partial charge in [0.25, 0.3) is 0 Å². The molecule has 192 valence electrons. The summed E-state index contributed by atoms with van der Waals surface area (Å²) < 4.78 is 24.4. The van der Waals surface area contributed by atoms with Gasteiger partial charge >= 0.3 is 0 Å². The Kier molecular flexibility index (Phi) is 4.77. The van der Waals surface area contributed by atoms with E-state index in [0.717, 1.165) is 30.2 Å². The van der Waals surface area contributed by atoms with E-state index in [0.29, 0.717) is 19.3 Å².